The van der Waals surface area contributed by atoms with Crippen LogP contribution in [0.5, 0.6) is 0 Å². The number of anilines is 2. The Bertz CT molecular complexity index is 1940. The second-order valence-electron chi connectivity index (χ2n) is 9.98. The van der Waals surface area contributed by atoms with Gasteiger partial charge in [-0.1, -0.05) is 13.0 Å². The number of nitrogens with one attached hydrogen (secondary N) is 3. The van der Waals surface area contributed by atoms with E-state index in [9.17, 15) is 35.7 Å². The zero-order valence-corrected chi connectivity index (χ0v) is 23.9. The molecule has 3 heterocycles. The molecule has 0 aliphatic heterocycles. The number of alkyl halides is 6. The fourth-order valence-electron chi connectivity index (χ4n) is 4.74. The van der Waals surface area contributed by atoms with Crippen molar-refractivity contribution in [3.8, 4) is 11.3 Å². The van der Waals surface area contributed by atoms with Gasteiger partial charge in [0.25, 0.3) is 5.60 Å². The highest BCUT2D eigenvalue weighted by Gasteiger charge is 2.70. The molecule has 232 valence electrons. The highest BCUT2D eigenvalue weighted by atomic mass is 32.2. The molecule has 0 saturated carbocycles. The van der Waals surface area contributed by atoms with E-state index < -0.39 is 34.4 Å². The third kappa shape index (κ3) is 5.55. The average molecular weight is 638 g/mol. The number of pyridine rings is 2. The summed E-state index contributed by atoms with van der Waals surface area (Å²) in [5.41, 5.74) is -2.88. The van der Waals surface area contributed by atoms with E-state index in [1.165, 1.54) is 12.1 Å². The van der Waals surface area contributed by atoms with Crippen LogP contribution in [0.4, 0.5) is 37.8 Å². The second kappa shape index (κ2) is 11.0. The van der Waals surface area contributed by atoms with Crippen LogP contribution >= 0.6 is 0 Å². The molecule has 9 nitrogen and oxygen atoms in total. The first-order valence-electron chi connectivity index (χ1n) is 13.0. The molecule has 0 amide bonds. The second-order valence-corrected chi connectivity index (χ2v) is 11.9. The van der Waals surface area contributed by atoms with Gasteiger partial charge in [-0.15, -0.1) is 0 Å². The van der Waals surface area contributed by atoms with Crippen LogP contribution in [0.1, 0.15) is 12.5 Å². The van der Waals surface area contributed by atoms with E-state index in [4.69, 9.17) is 4.78 Å². The molecular weight excluding hydrogens is 612 g/mol. The first-order valence-corrected chi connectivity index (χ1v) is 14.6. The van der Waals surface area contributed by atoms with Crippen LogP contribution in [0.15, 0.2) is 72.0 Å². The Morgan fingerprint density at radius 3 is 2.27 bits per heavy atom. The normalized spacial score (nSPS) is 14.2. The van der Waals surface area contributed by atoms with Crippen LogP contribution in [-0.2, 0) is 16.5 Å². The molecule has 1 atom stereocenters. The number of aliphatic hydroxyl groups is 1. The van der Waals surface area contributed by atoms with Crippen LogP contribution in [0.3, 0.4) is 0 Å². The molecule has 0 fully saturated rings. The van der Waals surface area contributed by atoms with E-state index in [1.807, 2.05) is 0 Å². The summed E-state index contributed by atoms with van der Waals surface area (Å²) in [4.78, 5) is 9.24. The number of fused-ring (bicyclic) bond motifs is 2. The molecule has 0 radical (unpaired) electrons. The number of rotatable bonds is 8. The SMILES string of the molecule is CCNS(=N)(=O)c1ccc(Nc2cc3c(-c4ccc5c(cnn5CC(O)(C(F)(F)F)C(F)(F)F)c4C)nccc3cn2)cc1. The minimum atomic E-state index is -5.98. The largest absolute Gasteiger partial charge is 0.428 e. The van der Waals surface area contributed by atoms with E-state index in [1.54, 1.807) is 62.6 Å². The predicted octanol–water partition coefficient (Wildman–Crippen LogP) is 6.48. The molecule has 0 aliphatic rings. The maximum Gasteiger partial charge on any atom is 0.428 e. The van der Waals surface area contributed by atoms with Crippen molar-refractivity contribution in [3.63, 3.8) is 0 Å². The Labute approximate surface area is 247 Å². The molecule has 44 heavy (non-hydrogen) atoms. The van der Waals surface area contributed by atoms with E-state index in [-0.39, 0.29) is 10.9 Å². The Hall–Kier alpha value is -4.28. The van der Waals surface area contributed by atoms with Crippen molar-refractivity contribution in [2.75, 3.05) is 11.9 Å². The lowest BCUT2D eigenvalue weighted by molar-refractivity contribution is -0.372. The molecule has 5 aromatic rings. The lowest BCUT2D eigenvalue weighted by Crippen LogP contribution is -2.59. The summed E-state index contributed by atoms with van der Waals surface area (Å²) in [7, 11) is -3.13. The number of hydrogen-bond acceptors (Lipinski definition) is 7. The quantitative estimate of drug-likeness (QED) is 0.144. The monoisotopic (exact) mass is 637 g/mol. The first kappa shape index (κ1) is 31.2. The van der Waals surface area contributed by atoms with Crippen LogP contribution in [-0.4, -0.2) is 53.6 Å². The Balaban J connectivity index is 1.50. The van der Waals surface area contributed by atoms with Gasteiger partial charge in [0, 0.05) is 46.3 Å². The van der Waals surface area contributed by atoms with Gasteiger partial charge in [0.05, 0.1) is 28.8 Å². The smallest absolute Gasteiger partial charge is 0.372 e. The van der Waals surface area contributed by atoms with Gasteiger partial charge < -0.3 is 10.4 Å². The molecule has 3 aromatic heterocycles. The zero-order valence-electron chi connectivity index (χ0n) is 23.1. The fraction of sp³-hybridized carbons (Fsp3) is 0.250. The summed E-state index contributed by atoms with van der Waals surface area (Å²) >= 11 is 0. The van der Waals surface area contributed by atoms with Gasteiger partial charge in [-0.05, 0) is 55.0 Å². The summed E-state index contributed by atoms with van der Waals surface area (Å²) in [5, 5.41) is 18.2. The molecule has 0 spiro atoms. The van der Waals surface area contributed by atoms with E-state index >= 15 is 0 Å². The lowest BCUT2D eigenvalue weighted by Gasteiger charge is -2.32. The van der Waals surface area contributed by atoms with E-state index in [0.717, 1.165) is 6.20 Å². The molecule has 0 aliphatic carbocycles. The van der Waals surface area contributed by atoms with Gasteiger partial charge >= 0.3 is 12.4 Å². The van der Waals surface area contributed by atoms with Crippen LogP contribution in [0.25, 0.3) is 32.9 Å². The average Bonchev–Trinajstić information content (AvgIpc) is 3.35. The predicted molar refractivity (Wildman–Crippen MR) is 153 cm³/mol. The Morgan fingerprint density at radius 2 is 1.64 bits per heavy atom. The molecule has 1 unspecified atom stereocenters. The van der Waals surface area contributed by atoms with Crippen LogP contribution in [0, 0.1) is 11.7 Å². The number of aryl methyl sites for hydroxylation is 1. The lowest BCUT2D eigenvalue weighted by atomic mass is 9.98. The maximum atomic E-state index is 13.3. The molecule has 4 N–H and O–H groups in total. The van der Waals surface area contributed by atoms with Crippen molar-refractivity contribution in [1.82, 2.24) is 24.5 Å². The summed E-state index contributed by atoms with van der Waals surface area (Å²) in [6, 6.07) is 12.8. The summed E-state index contributed by atoms with van der Waals surface area (Å²) < 4.78 is 103. The third-order valence-corrected chi connectivity index (χ3v) is 8.75. The van der Waals surface area contributed by atoms with Crippen molar-refractivity contribution in [3.05, 3.63) is 72.7 Å². The van der Waals surface area contributed by atoms with Crippen LogP contribution < -0.4 is 10.0 Å². The molecule has 0 saturated heterocycles. The summed E-state index contributed by atoms with van der Waals surface area (Å²) in [6.07, 6.45) is -7.66. The molecule has 16 heteroatoms. The van der Waals surface area contributed by atoms with Gasteiger partial charge in [-0.25, -0.2) is 18.7 Å². The van der Waals surface area contributed by atoms with Crippen molar-refractivity contribution in [1.29, 1.82) is 4.78 Å². The minimum absolute atomic E-state index is 0.0309. The van der Waals surface area contributed by atoms with E-state index in [2.05, 4.69) is 25.1 Å². The highest BCUT2D eigenvalue weighted by molar-refractivity contribution is 7.90. The Kier molecular flexibility index (Phi) is 7.80. The Morgan fingerprint density at radius 1 is 0.955 bits per heavy atom. The summed E-state index contributed by atoms with van der Waals surface area (Å²) in [5.74, 6) is 0.433. The number of hydrogen-bond donors (Lipinski definition) is 4. The highest BCUT2D eigenvalue weighted by Crippen LogP contribution is 2.44. The number of nitrogens with zero attached hydrogens (tertiary/aromatic N) is 4. The topological polar surface area (TPSA) is 129 Å². The number of halogens is 6. The molecule has 0 bridgehead atoms. The first-order chi connectivity index (χ1) is 20.6. The van der Waals surface area contributed by atoms with Gasteiger partial charge in [0.2, 0.25) is 0 Å². The number of aromatic nitrogens is 4. The van der Waals surface area contributed by atoms with E-state index in [0.29, 0.717) is 55.2 Å². The third-order valence-electron chi connectivity index (χ3n) is 7.12. The summed E-state index contributed by atoms with van der Waals surface area (Å²) in [6.45, 7) is 1.89. The van der Waals surface area contributed by atoms with Crippen molar-refractivity contribution < 1.29 is 35.7 Å². The zero-order chi connectivity index (χ0) is 32.1. The van der Waals surface area contributed by atoms with Crippen molar-refractivity contribution in [2.24, 2.45) is 0 Å². The van der Waals surface area contributed by atoms with Crippen LogP contribution in [0.2, 0.25) is 0 Å². The van der Waals surface area contributed by atoms with Gasteiger partial charge in [-0.3, -0.25) is 9.67 Å². The van der Waals surface area contributed by atoms with Gasteiger partial charge in [0.1, 0.15) is 15.7 Å². The van der Waals surface area contributed by atoms with Crippen molar-refractivity contribution in [2.45, 2.75) is 43.2 Å². The van der Waals surface area contributed by atoms with Crippen molar-refractivity contribution >= 4 is 43.1 Å². The number of benzene rings is 2. The molecular formula is C28H25F6N7O2S. The fourth-order valence-corrected chi connectivity index (χ4v) is 5.84. The molecule has 2 aromatic carbocycles. The van der Waals surface area contributed by atoms with Gasteiger partial charge in [0.15, 0.2) is 0 Å². The molecule has 5 rings (SSSR count). The minimum Gasteiger partial charge on any atom is -0.372 e. The standard InChI is InChI=1S/C28H25F6N7O2S/c1-3-39-44(35,43)19-6-4-18(5-7-19)40-24-12-21-17(13-37-24)10-11-36-25(21)20-8-9-23-22(16(20)2)14-38-41(23)15-26(42,27(29,30)31)28(32,33)34/h4-14,42H,3,15H2,1-2H3,(H,37,40)(H2,35,39,43). The van der Waals surface area contributed by atoms with Gasteiger partial charge in [-0.2, -0.15) is 31.4 Å². The maximum absolute atomic E-state index is 13.3.